The number of furan rings is 1. The molecule has 6 heteroatoms. The van der Waals surface area contributed by atoms with Crippen LogP contribution in [0.5, 0.6) is 11.5 Å². The number of rotatable bonds is 3. The van der Waals surface area contributed by atoms with Gasteiger partial charge in [-0.2, -0.15) is 0 Å². The molecule has 0 saturated heterocycles. The fraction of sp³-hybridized carbons (Fsp3) is 0.385. The average molecular weight is 771 g/mol. The highest BCUT2D eigenvalue weighted by Gasteiger charge is 2.48. The third-order valence-electron chi connectivity index (χ3n) is 12.9. The number of anilines is 6. The predicted molar refractivity (Wildman–Crippen MR) is 245 cm³/mol. The van der Waals surface area contributed by atoms with Crippen molar-refractivity contribution in [2.24, 2.45) is 0 Å². The van der Waals surface area contributed by atoms with Gasteiger partial charge in [-0.1, -0.05) is 106 Å². The molecule has 0 unspecified atom stereocenters. The number of fused-ring (bicyclic) bond motifs is 7. The zero-order chi connectivity index (χ0) is 41.5. The summed E-state index contributed by atoms with van der Waals surface area (Å²) in [6.07, 6.45) is 0. The number of ether oxygens (including phenoxy) is 2. The molecule has 0 bridgehead atoms. The van der Waals surface area contributed by atoms with E-state index in [4.69, 9.17) is 13.9 Å². The summed E-state index contributed by atoms with van der Waals surface area (Å²) in [6, 6.07) is 25.8. The zero-order valence-electron chi connectivity index (χ0n) is 37.3. The van der Waals surface area contributed by atoms with Crippen LogP contribution < -0.4 is 35.7 Å². The lowest BCUT2D eigenvalue weighted by Gasteiger charge is -2.44. The fourth-order valence-corrected chi connectivity index (χ4v) is 9.67. The van der Waals surface area contributed by atoms with Crippen LogP contribution in [0.15, 0.2) is 71.1 Å². The Labute approximate surface area is 346 Å². The summed E-state index contributed by atoms with van der Waals surface area (Å²) in [5.74, 6) is 2.74. The van der Waals surface area contributed by atoms with Gasteiger partial charge in [-0.05, 0) is 136 Å². The molecule has 0 spiro atoms. The van der Waals surface area contributed by atoms with Gasteiger partial charge in [0.15, 0.2) is 11.5 Å². The van der Waals surface area contributed by atoms with Gasteiger partial charge in [-0.3, -0.25) is 4.90 Å². The van der Waals surface area contributed by atoms with E-state index in [9.17, 15) is 0 Å². The minimum Gasteiger partial charge on any atom is -0.454 e. The highest BCUT2D eigenvalue weighted by molar-refractivity contribution is 7.01. The predicted octanol–water partition coefficient (Wildman–Crippen LogP) is 12.5. The summed E-state index contributed by atoms with van der Waals surface area (Å²) in [5, 5.41) is 1.16. The van der Waals surface area contributed by atoms with E-state index in [1.807, 2.05) is 0 Å². The van der Waals surface area contributed by atoms with Crippen LogP contribution in [0.1, 0.15) is 127 Å². The van der Waals surface area contributed by atoms with Gasteiger partial charge in [0.1, 0.15) is 5.58 Å². The number of aryl methyl sites for hydroxylation is 4. The van der Waals surface area contributed by atoms with E-state index in [0.29, 0.717) is 0 Å². The van der Waals surface area contributed by atoms with Crippen LogP contribution in [-0.2, 0) is 16.2 Å². The Hall–Kier alpha value is -5.10. The van der Waals surface area contributed by atoms with E-state index >= 15 is 0 Å². The number of hydrogen-bond acceptors (Lipinski definition) is 5. The van der Waals surface area contributed by atoms with Crippen LogP contribution in [0, 0.1) is 27.7 Å². The number of hydrogen-bond donors (Lipinski definition) is 0. The number of benzene rings is 5. The minimum atomic E-state index is -0.126. The highest BCUT2D eigenvalue weighted by atomic mass is 16.7. The first-order valence-electron chi connectivity index (χ1n) is 21.2. The van der Waals surface area contributed by atoms with Crippen molar-refractivity contribution in [3.05, 3.63) is 111 Å². The first kappa shape index (κ1) is 38.4. The van der Waals surface area contributed by atoms with Crippen molar-refractivity contribution >= 4 is 68.4 Å². The van der Waals surface area contributed by atoms with Gasteiger partial charge in [0.25, 0.3) is 6.71 Å². The molecule has 0 N–H and O–H groups in total. The second-order valence-electron chi connectivity index (χ2n) is 20.7. The van der Waals surface area contributed by atoms with E-state index in [-0.39, 0.29) is 35.7 Å². The van der Waals surface area contributed by atoms with Crippen molar-refractivity contribution in [1.82, 2.24) is 0 Å². The van der Waals surface area contributed by atoms with Crippen LogP contribution >= 0.6 is 0 Å². The van der Waals surface area contributed by atoms with E-state index in [2.05, 4.69) is 180 Å². The highest BCUT2D eigenvalue weighted by Crippen LogP contribution is 2.51. The van der Waals surface area contributed by atoms with Crippen LogP contribution in [0.2, 0.25) is 0 Å². The Morgan fingerprint density at radius 2 is 1.05 bits per heavy atom. The van der Waals surface area contributed by atoms with Crippen molar-refractivity contribution in [2.75, 3.05) is 16.6 Å². The van der Waals surface area contributed by atoms with Crippen molar-refractivity contribution in [2.45, 2.75) is 126 Å². The van der Waals surface area contributed by atoms with E-state index in [0.717, 1.165) is 34.0 Å². The standard InChI is InChI=1S/C52H59BN2O3/c1-28(2)33-22-40-46-41(23-33)55(48-31(5)20-36(21-32(48)6)52(13,14)15)49-45(37-24-34(50(7,8)9)16-17-42(37)58-49)53(46)38-25-43-44(57-27-56-43)26-39(38)54(40)47-29(3)18-35(19-30(47)4)51(10,11)12/h16-26,28H,27H2,1-15H3. The third kappa shape index (κ3) is 5.80. The fourth-order valence-electron chi connectivity index (χ4n) is 9.67. The second-order valence-corrected chi connectivity index (χ2v) is 20.7. The molecule has 3 aliphatic heterocycles. The summed E-state index contributed by atoms with van der Waals surface area (Å²) >= 11 is 0. The van der Waals surface area contributed by atoms with Crippen LogP contribution in [0.4, 0.5) is 34.3 Å². The summed E-state index contributed by atoms with van der Waals surface area (Å²) in [6.45, 7) is 34.5. The van der Waals surface area contributed by atoms with Crippen LogP contribution in [0.25, 0.3) is 11.0 Å². The average Bonchev–Trinajstić information content (AvgIpc) is 3.74. The normalized spacial score (nSPS) is 14.7. The Kier molecular flexibility index (Phi) is 8.41. The smallest absolute Gasteiger partial charge is 0.257 e. The second kappa shape index (κ2) is 12.7. The first-order chi connectivity index (χ1) is 27.1. The van der Waals surface area contributed by atoms with Crippen molar-refractivity contribution in [3.8, 4) is 11.5 Å². The third-order valence-corrected chi connectivity index (χ3v) is 12.9. The molecule has 0 fully saturated rings. The maximum atomic E-state index is 7.24. The summed E-state index contributed by atoms with van der Waals surface area (Å²) in [4.78, 5) is 5.02. The minimum absolute atomic E-state index is 0.0140. The van der Waals surface area contributed by atoms with Gasteiger partial charge in [-0.25, -0.2) is 0 Å². The molecule has 58 heavy (non-hydrogen) atoms. The lowest BCUT2D eigenvalue weighted by Crippen LogP contribution is -2.61. The molecular formula is C52H59BN2O3. The molecule has 6 aromatic rings. The Bertz CT molecular complexity index is 2650. The largest absolute Gasteiger partial charge is 0.454 e. The van der Waals surface area contributed by atoms with Gasteiger partial charge < -0.3 is 18.8 Å². The first-order valence-corrected chi connectivity index (χ1v) is 21.2. The number of nitrogens with zero attached hydrogens (tertiary/aromatic N) is 2. The molecule has 9 rings (SSSR count). The molecule has 0 amide bonds. The monoisotopic (exact) mass is 770 g/mol. The van der Waals surface area contributed by atoms with Gasteiger partial charge in [-0.15, -0.1) is 0 Å². The summed E-state index contributed by atoms with van der Waals surface area (Å²) in [7, 11) is 0. The topological polar surface area (TPSA) is 38.1 Å². The SMILES string of the molecule is Cc1cc(C(C)(C)C)cc(C)c1N1c2cc3c(cc2B2c4c1cc(C(C)C)cc4N(c1c(C)cc(C(C)(C)C)cc1C)c1oc4ccc(C(C)(C)C)cc4c12)OCO3. The zero-order valence-corrected chi connectivity index (χ0v) is 37.3. The van der Waals surface area contributed by atoms with Gasteiger partial charge in [0.05, 0.1) is 11.4 Å². The van der Waals surface area contributed by atoms with E-state index in [1.165, 1.54) is 83.6 Å². The van der Waals surface area contributed by atoms with Crippen molar-refractivity contribution in [3.63, 3.8) is 0 Å². The Morgan fingerprint density at radius 3 is 1.57 bits per heavy atom. The van der Waals surface area contributed by atoms with Gasteiger partial charge >= 0.3 is 0 Å². The van der Waals surface area contributed by atoms with Crippen LogP contribution in [-0.4, -0.2) is 13.5 Å². The molecule has 0 radical (unpaired) electrons. The molecule has 0 aliphatic carbocycles. The summed E-state index contributed by atoms with van der Waals surface area (Å²) in [5.41, 5.74) is 20.6. The molecular weight excluding hydrogens is 711 g/mol. The van der Waals surface area contributed by atoms with Crippen molar-refractivity contribution < 1.29 is 13.9 Å². The molecule has 1 aromatic heterocycles. The maximum absolute atomic E-state index is 7.24. The van der Waals surface area contributed by atoms with Gasteiger partial charge in [0, 0.05) is 34.0 Å². The van der Waals surface area contributed by atoms with Gasteiger partial charge in [0.2, 0.25) is 12.7 Å². The Balaban J connectivity index is 1.45. The molecule has 5 aromatic carbocycles. The molecule has 0 saturated carbocycles. The summed E-state index contributed by atoms with van der Waals surface area (Å²) < 4.78 is 19.6. The molecule has 0 atom stereocenters. The Morgan fingerprint density at radius 1 is 0.552 bits per heavy atom. The molecule has 298 valence electrons. The van der Waals surface area contributed by atoms with Crippen molar-refractivity contribution in [1.29, 1.82) is 0 Å². The van der Waals surface area contributed by atoms with Crippen LogP contribution in [0.3, 0.4) is 0 Å². The quantitative estimate of drug-likeness (QED) is 0.167. The lowest BCUT2D eigenvalue weighted by atomic mass is 9.33. The van der Waals surface area contributed by atoms with E-state index < -0.39 is 0 Å². The lowest BCUT2D eigenvalue weighted by molar-refractivity contribution is 0.174. The maximum Gasteiger partial charge on any atom is 0.257 e. The van der Waals surface area contributed by atoms with E-state index in [1.54, 1.807) is 0 Å². The molecule has 3 aliphatic rings. The molecule has 4 heterocycles. The molecule has 5 nitrogen and oxygen atoms in total.